The summed E-state index contributed by atoms with van der Waals surface area (Å²) >= 11 is 1.56. The molecule has 0 saturated carbocycles. The molecule has 0 bridgehead atoms. The van der Waals surface area contributed by atoms with E-state index in [0.717, 1.165) is 44.1 Å². The molecule has 2 aromatic heterocycles. The summed E-state index contributed by atoms with van der Waals surface area (Å²) in [6.45, 7) is 2.82. The van der Waals surface area contributed by atoms with Crippen molar-refractivity contribution in [1.29, 1.82) is 0 Å². The van der Waals surface area contributed by atoms with Crippen molar-refractivity contribution in [1.82, 2.24) is 14.8 Å². The molecule has 0 spiro atoms. The number of esters is 1. The van der Waals surface area contributed by atoms with Crippen molar-refractivity contribution in [3.05, 3.63) is 71.5 Å². The molecule has 9 heteroatoms. The minimum atomic E-state index is -0.343. The number of fused-ring (bicyclic) bond motifs is 1. The fraction of sp³-hybridized carbons (Fsp3) is 0.174. The number of methoxy groups -OCH3 is 1. The highest BCUT2D eigenvalue weighted by Gasteiger charge is 2.16. The molecule has 162 valence electrons. The van der Waals surface area contributed by atoms with Crippen molar-refractivity contribution in [2.45, 2.75) is 13.5 Å². The molecule has 0 radical (unpaired) electrons. The summed E-state index contributed by atoms with van der Waals surface area (Å²) in [5, 5.41) is 8.88. The average molecular weight is 449 g/mol. The number of hydrogen-bond acceptors (Lipinski definition) is 8. The molecule has 4 aromatic rings. The zero-order chi connectivity index (χ0) is 22.1. The van der Waals surface area contributed by atoms with Crippen molar-refractivity contribution in [2.75, 3.05) is 19.2 Å². The Hall–Kier alpha value is -3.85. The summed E-state index contributed by atoms with van der Waals surface area (Å²) < 4.78 is 17.4. The Labute approximate surface area is 188 Å². The van der Waals surface area contributed by atoms with E-state index in [9.17, 15) is 4.79 Å². The number of aryl methyl sites for hydroxylation is 1. The van der Waals surface area contributed by atoms with Gasteiger partial charge in [0.25, 0.3) is 0 Å². The second kappa shape index (κ2) is 8.35. The first-order chi connectivity index (χ1) is 15.6. The van der Waals surface area contributed by atoms with Gasteiger partial charge in [0.05, 0.1) is 28.9 Å². The molecule has 0 unspecified atom stereocenters. The quantitative estimate of drug-likeness (QED) is 0.437. The fourth-order valence-electron chi connectivity index (χ4n) is 3.38. The van der Waals surface area contributed by atoms with Gasteiger partial charge in [-0.15, -0.1) is 0 Å². The summed E-state index contributed by atoms with van der Waals surface area (Å²) in [4.78, 5) is 17.2. The Kier molecular flexibility index (Phi) is 5.24. The van der Waals surface area contributed by atoms with Crippen LogP contribution in [-0.4, -0.2) is 34.6 Å². The van der Waals surface area contributed by atoms with Crippen molar-refractivity contribution in [3.8, 4) is 27.8 Å². The average Bonchev–Trinajstić information content (AvgIpc) is 3.56. The van der Waals surface area contributed by atoms with Crippen molar-refractivity contribution in [2.24, 2.45) is 0 Å². The number of hydrogen-bond donors (Lipinski definition) is 1. The zero-order valence-corrected chi connectivity index (χ0v) is 18.3. The number of thiazole rings is 1. The van der Waals surface area contributed by atoms with Crippen LogP contribution in [0.4, 0.5) is 5.13 Å². The maximum atomic E-state index is 11.6. The maximum Gasteiger partial charge on any atom is 0.337 e. The molecule has 0 atom stereocenters. The number of carbonyl (C=O) groups is 1. The standard InChI is InChI=1S/C23H20N4O4S/c1-14-21(18-9-10-27(26-18)17-7-8-19-20(11-17)31-13-30-19)32-23(25-14)24-12-15-3-5-16(6-4-15)22(28)29-2/h3-11H,12-13H2,1-2H3,(H,24,25). The van der Waals surface area contributed by atoms with Crippen LogP contribution in [0.25, 0.3) is 16.3 Å². The van der Waals surface area contributed by atoms with Crippen LogP contribution in [0.3, 0.4) is 0 Å². The zero-order valence-electron chi connectivity index (χ0n) is 17.5. The topological polar surface area (TPSA) is 87.5 Å². The molecule has 1 N–H and O–H groups in total. The number of carbonyl (C=O) groups excluding carboxylic acids is 1. The monoisotopic (exact) mass is 448 g/mol. The van der Waals surface area contributed by atoms with Crippen LogP contribution in [0, 0.1) is 6.92 Å². The molecular weight excluding hydrogens is 428 g/mol. The lowest BCUT2D eigenvalue weighted by Crippen LogP contribution is -2.02. The van der Waals surface area contributed by atoms with Gasteiger partial charge < -0.3 is 19.5 Å². The lowest BCUT2D eigenvalue weighted by molar-refractivity contribution is 0.0600. The van der Waals surface area contributed by atoms with Gasteiger partial charge in [-0.25, -0.2) is 14.5 Å². The first kappa shape index (κ1) is 20.1. The van der Waals surface area contributed by atoms with E-state index in [4.69, 9.17) is 19.3 Å². The Bertz CT molecular complexity index is 1280. The molecule has 2 aromatic carbocycles. The van der Waals surface area contributed by atoms with E-state index >= 15 is 0 Å². The van der Waals surface area contributed by atoms with Gasteiger partial charge in [-0.2, -0.15) is 5.10 Å². The normalized spacial score (nSPS) is 12.1. The smallest absolute Gasteiger partial charge is 0.337 e. The van der Waals surface area contributed by atoms with Crippen LogP contribution in [0.5, 0.6) is 11.5 Å². The molecule has 5 rings (SSSR count). The van der Waals surface area contributed by atoms with Crippen LogP contribution in [0.15, 0.2) is 54.7 Å². The summed E-state index contributed by atoms with van der Waals surface area (Å²) in [5.41, 5.74) is 4.24. The van der Waals surface area contributed by atoms with Gasteiger partial charge in [-0.1, -0.05) is 23.5 Å². The third-order valence-electron chi connectivity index (χ3n) is 5.06. The van der Waals surface area contributed by atoms with E-state index in [1.165, 1.54) is 7.11 Å². The Balaban J connectivity index is 1.29. The second-order valence-electron chi connectivity index (χ2n) is 7.16. The Morgan fingerprint density at radius 3 is 2.78 bits per heavy atom. The lowest BCUT2D eigenvalue weighted by atomic mass is 10.1. The van der Waals surface area contributed by atoms with Gasteiger partial charge in [0.1, 0.15) is 5.69 Å². The van der Waals surface area contributed by atoms with Gasteiger partial charge in [0.15, 0.2) is 16.6 Å². The number of anilines is 1. The van der Waals surface area contributed by atoms with Gasteiger partial charge in [0.2, 0.25) is 6.79 Å². The number of nitrogens with one attached hydrogen (secondary N) is 1. The molecule has 1 aliphatic heterocycles. The van der Waals surface area contributed by atoms with Crippen LogP contribution in [0.2, 0.25) is 0 Å². The minimum Gasteiger partial charge on any atom is -0.465 e. The van der Waals surface area contributed by atoms with Gasteiger partial charge in [-0.3, -0.25) is 0 Å². The molecule has 0 fully saturated rings. The Morgan fingerprint density at radius 2 is 1.97 bits per heavy atom. The van der Waals surface area contributed by atoms with E-state index in [0.29, 0.717) is 12.1 Å². The molecular formula is C23H20N4O4S. The largest absolute Gasteiger partial charge is 0.465 e. The van der Waals surface area contributed by atoms with E-state index < -0.39 is 0 Å². The molecule has 32 heavy (non-hydrogen) atoms. The summed E-state index contributed by atoms with van der Waals surface area (Å²) in [6.07, 6.45) is 1.92. The van der Waals surface area contributed by atoms with Crippen LogP contribution < -0.4 is 14.8 Å². The molecule has 8 nitrogen and oxygen atoms in total. The van der Waals surface area contributed by atoms with Crippen molar-refractivity contribution in [3.63, 3.8) is 0 Å². The molecule has 3 heterocycles. The summed E-state index contributed by atoms with van der Waals surface area (Å²) in [5.74, 6) is 1.12. The minimum absolute atomic E-state index is 0.244. The second-order valence-corrected chi connectivity index (χ2v) is 8.16. The first-order valence-corrected chi connectivity index (χ1v) is 10.8. The lowest BCUT2D eigenvalue weighted by Gasteiger charge is -2.04. The summed E-state index contributed by atoms with van der Waals surface area (Å²) in [7, 11) is 1.37. The molecule has 0 amide bonds. The van der Waals surface area contributed by atoms with E-state index in [1.54, 1.807) is 23.5 Å². The third-order valence-corrected chi connectivity index (χ3v) is 6.20. The van der Waals surface area contributed by atoms with Gasteiger partial charge in [0, 0.05) is 18.8 Å². The SMILES string of the molecule is COC(=O)c1ccc(CNc2nc(C)c(-c3ccn(-c4ccc5c(c4)OCO5)n3)s2)cc1. The number of benzene rings is 2. The summed E-state index contributed by atoms with van der Waals surface area (Å²) in [6, 6.07) is 15.0. The van der Waals surface area contributed by atoms with E-state index in [-0.39, 0.29) is 12.8 Å². The molecule has 0 aliphatic carbocycles. The Morgan fingerprint density at radius 1 is 1.16 bits per heavy atom. The van der Waals surface area contributed by atoms with Gasteiger partial charge in [-0.05, 0) is 42.8 Å². The maximum absolute atomic E-state index is 11.6. The number of ether oxygens (including phenoxy) is 3. The predicted octanol–water partition coefficient (Wildman–Crippen LogP) is 4.43. The van der Waals surface area contributed by atoms with Crippen molar-refractivity contribution < 1.29 is 19.0 Å². The predicted molar refractivity (Wildman–Crippen MR) is 121 cm³/mol. The van der Waals surface area contributed by atoms with E-state index in [2.05, 4.69) is 10.3 Å². The number of nitrogens with zero attached hydrogens (tertiary/aromatic N) is 3. The van der Waals surface area contributed by atoms with Crippen LogP contribution in [0.1, 0.15) is 21.6 Å². The third kappa shape index (κ3) is 3.90. The first-order valence-electron chi connectivity index (χ1n) is 9.95. The highest BCUT2D eigenvalue weighted by molar-refractivity contribution is 7.19. The number of rotatable bonds is 6. The molecule has 0 saturated heterocycles. The number of aromatic nitrogens is 3. The van der Waals surface area contributed by atoms with Crippen LogP contribution >= 0.6 is 11.3 Å². The molecule has 1 aliphatic rings. The van der Waals surface area contributed by atoms with E-state index in [1.807, 2.05) is 54.2 Å². The van der Waals surface area contributed by atoms with Crippen molar-refractivity contribution >= 4 is 22.4 Å². The highest BCUT2D eigenvalue weighted by Crippen LogP contribution is 2.35. The fourth-order valence-corrected chi connectivity index (χ4v) is 4.31. The van der Waals surface area contributed by atoms with Gasteiger partial charge >= 0.3 is 5.97 Å². The van der Waals surface area contributed by atoms with Crippen LogP contribution in [-0.2, 0) is 11.3 Å². The highest BCUT2D eigenvalue weighted by atomic mass is 32.1.